The molecule has 0 fully saturated rings. The van der Waals surface area contributed by atoms with E-state index in [0.717, 1.165) is 5.56 Å². The van der Waals surface area contributed by atoms with Crippen molar-refractivity contribution in [3.8, 4) is 0 Å². The number of aryl methyl sites for hydroxylation is 1. The summed E-state index contributed by atoms with van der Waals surface area (Å²) in [5, 5.41) is 2.78. The van der Waals surface area contributed by atoms with Gasteiger partial charge in [-0.25, -0.2) is 4.98 Å². The fourth-order valence-corrected chi connectivity index (χ4v) is 2.63. The lowest BCUT2D eigenvalue weighted by molar-refractivity contribution is -0.124. The summed E-state index contributed by atoms with van der Waals surface area (Å²) in [5.41, 5.74) is 7.74. The van der Waals surface area contributed by atoms with Gasteiger partial charge in [-0.15, -0.1) is 0 Å². The molecule has 1 aromatic heterocycles. The maximum Gasteiger partial charge on any atom is 0.256 e. The molecule has 0 saturated carbocycles. The standard InChI is InChI=1S/C19H26N4O2/c1-13(18(24)21-10-9-20)11-17-22-15(3)14(2)19(25)23(17)12-16-7-5-4-6-8-16/h4-8,13H,9-12,20H2,1-3H3,(H,21,24). The number of aromatic nitrogens is 2. The molecule has 1 aromatic carbocycles. The molecule has 0 aliphatic heterocycles. The maximum atomic E-state index is 12.7. The summed E-state index contributed by atoms with van der Waals surface area (Å²) in [6.07, 6.45) is 0.402. The highest BCUT2D eigenvalue weighted by Gasteiger charge is 2.18. The van der Waals surface area contributed by atoms with E-state index in [9.17, 15) is 9.59 Å². The van der Waals surface area contributed by atoms with Gasteiger partial charge in [0.25, 0.3) is 5.56 Å². The first-order valence-electron chi connectivity index (χ1n) is 8.52. The van der Waals surface area contributed by atoms with Gasteiger partial charge >= 0.3 is 0 Å². The molecular formula is C19H26N4O2. The Bertz CT molecular complexity index is 784. The molecule has 25 heavy (non-hydrogen) atoms. The van der Waals surface area contributed by atoms with Crippen molar-refractivity contribution in [3.05, 3.63) is 63.3 Å². The molecule has 1 atom stereocenters. The molecule has 0 bridgehead atoms. The number of carbonyl (C=O) groups is 1. The molecule has 1 unspecified atom stereocenters. The molecule has 1 heterocycles. The van der Waals surface area contributed by atoms with Crippen molar-refractivity contribution in [1.29, 1.82) is 0 Å². The lowest BCUT2D eigenvalue weighted by atomic mass is 10.1. The Hall–Kier alpha value is -2.47. The summed E-state index contributed by atoms with van der Waals surface area (Å²) in [6.45, 7) is 6.74. The summed E-state index contributed by atoms with van der Waals surface area (Å²) in [6, 6.07) is 9.77. The fourth-order valence-electron chi connectivity index (χ4n) is 2.63. The number of hydrogen-bond acceptors (Lipinski definition) is 4. The molecule has 3 N–H and O–H groups in total. The van der Waals surface area contributed by atoms with Crippen LogP contribution in [-0.2, 0) is 17.8 Å². The largest absolute Gasteiger partial charge is 0.355 e. The second kappa shape index (κ2) is 8.58. The average molecular weight is 342 g/mol. The minimum atomic E-state index is -0.289. The van der Waals surface area contributed by atoms with E-state index in [0.29, 0.717) is 43.1 Å². The van der Waals surface area contributed by atoms with Crippen molar-refractivity contribution < 1.29 is 4.79 Å². The number of nitrogens with one attached hydrogen (secondary N) is 1. The predicted octanol–water partition coefficient (Wildman–Crippen LogP) is 1.16. The summed E-state index contributed by atoms with van der Waals surface area (Å²) in [7, 11) is 0. The Kier molecular flexibility index (Phi) is 6.47. The highest BCUT2D eigenvalue weighted by atomic mass is 16.2. The molecule has 0 spiro atoms. The fraction of sp³-hybridized carbons (Fsp3) is 0.421. The van der Waals surface area contributed by atoms with Crippen LogP contribution >= 0.6 is 0 Å². The zero-order valence-corrected chi connectivity index (χ0v) is 15.1. The van der Waals surface area contributed by atoms with Gasteiger partial charge in [0.1, 0.15) is 5.82 Å². The molecule has 6 heteroatoms. The number of amides is 1. The van der Waals surface area contributed by atoms with E-state index < -0.39 is 0 Å². The first-order valence-corrected chi connectivity index (χ1v) is 8.52. The SMILES string of the molecule is Cc1nc(CC(C)C(=O)NCCN)n(Cc2ccccc2)c(=O)c1C. The van der Waals surface area contributed by atoms with Crippen LogP contribution in [0.15, 0.2) is 35.1 Å². The average Bonchev–Trinajstić information content (AvgIpc) is 2.61. The lowest BCUT2D eigenvalue weighted by Crippen LogP contribution is -2.36. The third kappa shape index (κ3) is 4.76. The summed E-state index contributed by atoms with van der Waals surface area (Å²) < 4.78 is 1.67. The van der Waals surface area contributed by atoms with Crippen LogP contribution in [0.5, 0.6) is 0 Å². The van der Waals surface area contributed by atoms with Gasteiger partial charge in [0.2, 0.25) is 5.91 Å². The smallest absolute Gasteiger partial charge is 0.256 e. The zero-order valence-electron chi connectivity index (χ0n) is 15.1. The summed E-state index contributed by atoms with van der Waals surface area (Å²) >= 11 is 0. The number of benzene rings is 1. The Morgan fingerprint density at radius 3 is 2.60 bits per heavy atom. The van der Waals surface area contributed by atoms with E-state index in [1.165, 1.54) is 0 Å². The van der Waals surface area contributed by atoms with Crippen LogP contribution in [0.2, 0.25) is 0 Å². The Morgan fingerprint density at radius 1 is 1.28 bits per heavy atom. The Balaban J connectivity index is 2.33. The van der Waals surface area contributed by atoms with Gasteiger partial charge in [-0.1, -0.05) is 37.3 Å². The highest BCUT2D eigenvalue weighted by molar-refractivity contribution is 5.78. The third-order valence-electron chi connectivity index (χ3n) is 4.28. The van der Waals surface area contributed by atoms with Crippen LogP contribution in [-0.4, -0.2) is 28.5 Å². The van der Waals surface area contributed by atoms with E-state index in [1.807, 2.05) is 44.2 Å². The highest BCUT2D eigenvalue weighted by Crippen LogP contribution is 2.11. The minimum absolute atomic E-state index is 0.0547. The zero-order chi connectivity index (χ0) is 18.4. The first kappa shape index (κ1) is 18.9. The molecule has 134 valence electrons. The lowest BCUT2D eigenvalue weighted by Gasteiger charge is -2.17. The molecular weight excluding hydrogens is 316 g/mol. The van der Waals surface area contributed by atoms with Crippen molar-refractivity contribution in [1.82, 2.24) is 14.9 Å². The van der Waals surface area contributed by atoms with E-state index in [-0.39, 0.29) is 17.4 Å². The summed E-state index contributed by atoms with van der Waals surface area (Å²) in [4.78, 5) is 29.5. The molecule has 0 aliphatic carbocycles. The topological polar surface area (TPSA) is 90.0 Å². The van der Waals surface area contributed by atoms with Gasteiger partial charge in [-0.2, -0.15) is 0 Å². The molecule has 2 rings (SSSR count). The van der Waals surface area contributed by atoms with Crippen molar-refractivity contribution in [2.75, 3.05) is 13.1 Å². The molecule has 0 radical (unpaired) electrons. The van der Waals surface area contributed by atoms with E-state index in [2.05, 4.69) is 10.3 Å². The normalized spacial score (nSPS) is 12.0. The Morgan fingerprint density at radius 2 is 1.96 bits per heavy atom. The monoisotopic (exact) mass is 342 g/mol. The number of nitrogens with zero attached hydrogens (tertiary/aromatic N) is 2. The molecule has 2 aromatic rings. The number of nitrogens with two attached hydrogens (primary N) is 1. The van der Waals surface area contributed by atoms with Gasteiger partial charge in [0.05, 0.1) is 6.54 Å². The number of hydrogen-bond donors (Lipinski definition) is 2. The molecule has 1 amide bonds. The van der Waals surface area contributed by atoms with E-state index in [4.69, 9.17) is 5.73 Å². The molecule has 0 saturated heterocycles. The van der Waals surface area contributed by atoms with Crippen LogP contribution in [0.1, 0.15) is 29.6 Å². The Labute approximate surface area is 148 Å². The van der Waals surface area contributed by atoms with Crippen LogP contribution in [0.25, 0.3) is 0 Å². The first-order chi connectivity index (χ1) is 11.9. The van der Waals surface area contributed by atoms with Crippen LogP contribution in [0, 0.1) is 19.8 Å². The molecule has 0 aliphatic rings. The van der Waals surface area contributed by atoms with Crippen LogP contribution in [0.4, 0.5) is 0 Å². The van der Waals surface area contributed by atoms with E-state index in [1.54, 1.807) is 11.5 Å². The van der Waals surface area contributed by atoms with Crippen molar-refractivity contribution in [2.45, 2.75) is 33.7 Å². The third-order valence-corrected chi connectivity index (χ3v) is 4.28. The number of rotatable bonds is 7. The van der Waals surface area contributed by atoms with E-state index >= 15 is 0 Å². The second-order valence-corrected chi connectivity index (χ2v) is 6.30. The van der Waals surface area contributed by atoms with Crippen molar-refractivity contribution in [3.63, 3.8) is 0 Å². The van der Waals surface area contributed by atoms with Crippen LogP contribution < -0.4 is 16.6 Å². The van der Waals surface area contributed by atoms with Crippen molar-refractivity contribution in [2.24, 2.45) is 11.7 Å². The minimum Gasteiger partial charge on any atom is -0.355 e. The second-order valence-electron chi connectivity index (χ2n) is 6.30. The number of carbonyl (C=O) groups excluding carboxylic acids is 1. The molecule has 6 nitrogen and oxygen atoms in total. The van der Waals surface area contributed by atoms with Gasteiger partial charge in [-0.05, 0) is 19.4 Å². The quantitative estimate of drug-likeness (QED) is 0.790. The van der Waals surface area contributed by atoms with Gasteiger partial charge in [-0.3, -0.25) is 14.2 Å². The van der Waals surface area contributed by atoms with Gasteiger partial charge < -0.3 is 11.1 Å². The van der Waals surface area contributed by atoms with Crippen molar-refractivity contribution >= 4 is 5.91 Å². The predicted molar refractivity (Wildman–Crippen MR) is 98.4 cm³/mol. The van der Waals surface area contributed by atoms with Gasteiger partial charge in [0.15, 0.2) is 0 Å². The van der Waals surface area contributed by atoms with Crippen LogP contribution in [0.3, 0.4) is 0 Å². The maximum absolute atomic E-state index is 12.7. The van der Waals surface area contributed by atoms with Gasteiger partial charge in [0, 0.05) is 36.7 Å². The summed E-state index contributed by atoms with van der Waals surface area (Å²) in [5.74, 6) is 0.263.